The van der Waals surface area contributed by atoms with Crippen LogP contribution in [0.2, 0.25) is 0 Å². The van der Waals surface area contributed by atoms with Gasteiger partial charge in [0.05, 0.1) is 79.3 Å². The molecule has 0 saturated carbocycles. The fourth-order valence-electron chi connectivity index (χ4n) is 6.25. The number of rotatable bonds is 55. The molecular weight excluding hydrogens is 1240 g/mol. The van der Waals surface area contributed by atoms with E-state index in [9.17, 15) is 42.9 Å². The molecule has 0 amide bonds. The predicted octanol–water partition coefficient (Wildman–Crippen LogP) is 10.9. The molecule has 0 radical (unpaired) electrons. The lowest BCUT2D eigenvalue weighted by molar-refractivity contribution is -0.0421. The molecule has 0 bridgehead atoms. The smallest absolute Gasteiger partial charge is 0.396 e. The van der Waals surface area contributed by atoms with Gasteiger partial charge < -0.3 is 43.6 Å². The highest BCUT2D eigenvalue weighted by Crippen LogP contribution is 2.51. The van der Waals surface area contributed by atoms with Crippen molar-refractivity contribution in [3.05, 3.63) is 0 Å². The van der Waals surface area contributed by atoms with E-state index in [1.165, 1.54) is 23.0 Å². The van der Waals surface area contributed by atoms with Gasteiger partial charge in [-0.05, 0) is 74.4 Å². The third-order valence-electron chi connectivity index (χ3n) is 11.1. The van der Waals surface area contributed by atoms with Crippen molar-refractivity contribution >= 4 is 105 Å². The Morgan fingerprint density at radius 3 is 0.757 bits per heavy atom. The van der Waals surface area contributed by atoms with Gasteiger partial charge in [0.1, 0.15) is 23.0 Å². The zero-order valence-electron chi connectivity index (χ0n) is 44.2. The van der Waals surface area contributed by atoms with Crippen LogP contribution in [0.1, 0.15) is 130 Å². The molecule has 8 unspecified atom stereocenters. The van der Waals surface area contributed by atoms with E-state index in [1.54, 1.807) is 27.7 Å². The van der Waals surface area contributed by atoms with Crippen LogP contribution in [-0.4, -0.2) is 153 Å². The highest BCUT2D eigenvalue weighted by Gasteiger charge is 2.40. The number of hydrogen-bond donors (Lipinski definition) is 9. The van der Waals surface area contributed by atoms with Gasteiger partial charge in [-0.15, -0.1) is 0 Å². The molecule has 0 aromatic carbocycles. The van der Waals surface area contributed by atoms with Crippen molar-refractivity contribution in [1.82, 2.24) is 0 Å². The molecule has 0 aromatic rings. The molecule has 0 saturated heterocycles. The average molecular weight is 1340 g/mol. The van der Waals surface area contributed by atoms with Gasteiger partial charge in [0.25, 0.3) is 0 Å². The first-order chi connectivity index (χ1) is 34.8. The van der Waals surface area contributed by atoms with Crippen LogP contribution < -0.4 is 0 Å². The van der Waals surface area contributed by atoms with Crippen LogP contribution >= 0.6 is 105 Å². The molecule has 21 nitrogen and oxygen atoms in total. The van der Waals surface area contributed by atoms with Crippen molar-refractivity contribution in [2.24, 2.45) is 21.7 Å². The van der Waals surface area contributed by atoms with Crippen molar-refractivity contribution in [1.29, 1.82) is 0 Å². The number of halogens is 1. The molecule has 0 heterocycles. The summed E-state index contributed by atoms with van der Waals surface area (Å²) in [4.78, 5) is 42.6. The molecule has 30 heteroatoms. The van der Waals surface area contributed by atoms with E-state index in [-0.39, 0.29) is 33.0 Å². The Hall–Kier alpha value is 2.37. The van der Waals surface area contributed by atoms with Crippen molar-refractivity contribution in [3.8, 4) is 0 Å². The highest BCUT2D eigenvalue weighted by molar-refractivity contribution is 14.1. The van der Waals surface area contributed by atoms with Crippen LogP contribution in [0, 0.1) is 21.7 Å². The topological polar surface area (TPSA) is 280 Å². The van der Waals surface area contributed by atoms with Gasteiger partial charge in [-0.25, -0.2) is 21.1 Å². The SMILES string of the molecule is CC(CO)(COCCCCCCS)COP(=O)(O)OCC(C)(COCCCCCCS)COP(=O)(O)OCC(C)(COCCCCCCS)COP(=O)(O)OCC(C)(COCCCCCCS)COP(=O)(O)OI. The Balaban J connectivity index is 6.05. The molecule has 0 aromatic heterocycles. The van der Waals surface area contributed by atoms with Crippen molar-refractivity contribution < 1.29 is 96.4 Å². The molecule has 0 rings (SSSR count). The van der Waals surface area contributed by atoms with Crippen LogP contribution in [0.25, 0.3) is 0 Å². The zero-order chi connectivity index (χ0) is 55.9. The molecule has 446 valence electrons. The summed E-state index contributed by atoms with van der Waals surface area (Å²) in [5.41, 5.74) is -4.93. The Bertz CT molecular complexity index is 1610. The van der Waals surface area contributed by atoms with E-state index < -0.39 is 99.2 Å². The van der Waals surface area contributed by atoms with Crippen LogP contribution in [0.4, 0.5) is 0 Å². The minimum atomic E-state index is -4.96. The van der Waals surface area contributed by atoms with E-state index in [0.717, 1.165) is 113 Å². The second kappa shape index (κ2) is 43.1. The number of phosphoric acid groups is 4. The molecule has 0 fully saturated rings. The fraction of sp³-hybridized carbons (Fsp3) is 1.00. The summed E-state index contributed by atoms with van der Waals surface area (Å²) in [6.45, 7) is 3.38. The number of thiol groups is 4. The molecule has 0 aliphatic rings. The molecular formula is C44H93IO21P4S4. The van der Waals surface area contributed by atoms with Gasteiger partial charge in [0.15, 0.2) is 0 Å². The number of aliphatic hydroxyl groups is 1. The van der Waals surface area contributed by atoms with Gasteiger partial charge in [-0.1, -0.05) is 79.1 Å². The van der Waals surface area contributed by atoms with Crippen molar-refractivity contribution in [2.75, 3.05) is 129 Å². The van der Waals surface area contributed by atoms with Gasteiger partial charge >= 0.3 is 31.3 Å². The summed E-state index contributed by atoms with van der Waals surface area (Å²) in [6, 6.07) is 0. The monoisotopic (exact) mass is 1340 g/mol. The summed E-state index contributed by atoms with van der Waals surface area (Å²) in [5.74, 6) is 3.09. The number of aliphatic hydroxyl groups excluding tert-OH is 1. The normalized spacial score (nSPS) is 18.8. The highest BCUT2D eigenvalue weighted by atomic mass is 127. The summed E-state index contributed by atoms with van der Waals surface area (Å²) < 4.78 is 118. The largest absolute Gasteiger partial charge is 0.481 e. The lowest BCUT2D eigenvalue weighted by atomic mass is 9.94. The lowest BCUT2D eigenvalue weighted by Gasteiger charge is -2.33. The quantitative estimate of drug-likeness (QED) is 0.0118. The van der Waals surface area contributed by atoms with Crippen LogP contribution in [-0.2, 0) is 71.7 Å². The zero-order valence-corrected chi connectivity index (χ0v) is 53.5. The van der Waals surface area contributed by atoms with E-state index in [2.05, 4.69) is 53.4 Å². The van der Waals surface area contributed by atoms with Crippen molar-refractivity contribution in [3.63, 3.8) is 0 Å². The van der Waals surface area contributed by atoms with Crippen LogP contribution in [0.3, 0.4) is 0 Å². The van der Waals surface area contributed by atoms with Gasteiger partial charge in [-0.2, -0.15) is 50.5 Å². The van der Waals surface area contributed by atoms with Gasteiger partial charge in [-0.3, -0.25) is 31.7 Å². The number of hydrogen-bond acceptors (Lipinski definition) is 21. The Kier molecular flexibility index (Phi) is 44.5. The fourth-order valence-corrected chi connectivity index (χ4v) is 11.1. The minimum absolute atomic E-state index is 0.0623. The van der Waals surface area contributed by atoms with Gasteiger partial charge in [0.2, 0.25) is 0 Å². The maximum absolute atomic E-state index is 13.6. The van der Waals surface area contributed by atoms with E-state index in [1.807, 2.05) is 0 Å². The predicted molar refractivity (Wildman–Crippen MR) is 308 cm³/mol. The maximum atomic E-state index is 13.6. The summed E-state index contributed by atoms with van der Waals surface area (Å²) in [7, 11) is -19.1. The third-order valence-corrected chi connectivity index (χ3v) is 17.2. The Morgan fingerprint density at radius 2 is 0.541 bits per heavy atom. The second-order valence-electron chi connectivity index (χ2n) is 20.0. The Labute approximate surface area is 478 Å². The molecule has 0 aliphatic heterocycles. The summed E-state index contributed by atoms with van der Waals surface area (Å²) >= 11 is 18.2. The number of unbranched alkanes of at least 4 members (excludes halogenated alkanes) is 12. The van der Waals surface area contributed by atoms with E-state index in [0.29, 0.717) is 39.3 Å². The minimum Gasteiger partial charge on any atom is -0.396 e. The summed E-state index contributed by atoms with van der Waals surface area (Å²) in [6.07, 6.45) is 14.2. The molecule has 0 aliphatic carbocycles. The number of phosphoric ester groups is 4. The molecule has 0 spiro atoms. The number of ether oxygens (including phenoxy) is 4. The second-order valence-corrected chi connectivity index (χ2v) is 28.7. The molecule has 8 atom stereocenters. The lowest BCUT2D eigenvalue weighted by Crippen LogP contribution is -2.36. The first kappa shape index (κ1) is 76.4. The Morgan fingerprint density at radius 1 is 0.338 bits per heavy atom. The first-order valence-corrected chi connectivity index (χ1v) is 34.7. The van der Waals surface area contributed by atoms with Gasteiger partial charge in [0, 0.05) is 48.1 Å². The third kappa shape index (κ3) is 42.2. The van der Waals surface area contributed by atoms with Crippen molar-refractivity contribution in [2.45, 2.75) is 130 Å². The van der Waals surface area contributed by atoms with E-state index in [4.69, 9.17) is 50.6 Å². The molecule has 74 heavy (non-hydrogen) atoms. The van der Waals surface area contributed by atoms with Crippen LogP contribution in [0.15, 0.2) is 0 Å². The summed E-state index contributed by atoms with van der Waals surface area (Å²) in [5, 5.41) is 10.1. The first-order valence-electron chi connectivity index (χ1n) is 25.3. The standard InChI is InChI=1S/C44H93IO21P4S4/c1-41(29-46,30-55-21-13-5-9-17-25-71)34-59-67(47,48)60-35-42(2,31-56-22-14-6-10-18-26-72)36-61-68(49,50)62-37-43(3,32-57-23-15-7-11-19-27-73)38-63-69(51,52)64-39-44(4,40-65-70(53,54)66-45)33-58-24-16-8-12-20-28-74/h46,71-74H,5-40H2,1-4H3,(H,47,48)(H,49,50)(H,51,52)(H,53,54). The van der Waals surface area contributed by atoms with E-state index >= 15 is 0 Å². The molecule has 5 N–H and O–H groups in total. The maximum Gasteiger partial charge on any atom is 0.481 e. The average Bonchev–Trinajstić information content (AvgIpc) is 3.36. The van der Waals surface area contributed by atoms with Crippen LogP contribution in [0.5, 0.6) is 0 Å².